The van der Waals surface area contributed by atoms with Crippen molar-refractivity contribution in [3.8, 4) is 56.4 Å². The monoisotopic (exact) mass is 871 g/mol. The number of hydrogen-bond donors (Lipinski definition) is 3. The van der Waals surface area contributed by atoms with Crippen molar-refractivity contribution in [3.05, 3.63) is 249 Å². The summed E-state index contributed by atoms with van der Waals surface area (Å²) in [5.41, 5.74) is 17.4. The number of anilines is 5. The van der Waals surface area contributed by atoms with Crippen molar-refractivity contribution in [2.24, 2.45) is 0 Å². The topological polar surface area (TPSA) is 68.5 Å². The van der Waals surface area contributed by atoms with Crippen molar-refractivity contribution in [2.75, 3.05) is 16.4 Å². The van der Waals surface area contributed by atoms with Gasteiger partial charge in [-0.3, -0.25) is 0 Å². The first kappa shape index (κ1) is 41.4. The number of para-hydroxylation sites is 8. The second kappa shape index (κ2) is 19.4. The second-order valence-electron chi connectivity index (χ2n) is 15.7. The molecule has 0 bridgehead atoms. The van der Waals surface area contributed by atoms with Gasteiger partial charge in [0.2, 0.25) is 0 Å². The third-order valence-electron chi connectivity index (χ3n) is 11.2. The van der Waals surface area contributed by atoms with Crippen LogP contribution in [0.2, 0.25) is 0 Å². The number of rotatable bonds is 11. The van der Waals surface area contributed by atoms with Crippen LogP contribution < -0.4 is 25.8 Å². The minimum Gasteiger partial charge on any atom is -0.455 e. The minimum absolute atomic E-state index is 0.731. The first-order chi connectivity index (χ1) is 32.6. The summed E-state index contributed by atoms with van der Waals surface area (Å²) in [6.07, 6.45) is 0. The highest BCUT2D eigenvalue weighted by Crippen LogP contribution is 2.44. The lowest BCUT2D eigenvalue weighted by Gasteiger charge is -2.18. The molecule has 6 heteroatoms. The summed E-state index contributed by atoms with van der Waals surface area (Å²) in [5, 5.41) is 9.56. The standard InChI is InChI=1S/C36H28N2O2.C24H17NS/c1-3-15-27(16-4-1)37-31-21-9-13-25-35(31)39-33-23-11-7-19-29(33)30-20-8-12-24-34(30)40-36-26-14-10-22-32(36)38-28-17-5-2-6-18-28;25-19-14-17(16-7-2-1-3-8-16)13-18(15-19)20-10-6-11-22-21-9-4-5-12-23(21)26-24(20)22/h1-26,37-38H;1-15H,25H2. The molecule has 0 spiro atoms. The molecule has 0 aliphatic heterocycles. The Hall–Kier alpha value is -8.58. The van der Waals surface area contributed by atoms with E-state index in [1.165, 1.54) is 36.9 Å². The van der Waals surface area contributed by atoms with Crippen LogP contribution in [0.15, 0.2) is 249 Å². The van der Waals surface area contributed by atoms with Gasteiger partial charge in [-0.15, -0.1) is 11.3 Å². The van der Waals surface area contributed by atoms with Crippen molar-refractivity contribution < 1.29 is 9.47 Å². The first-order valence-electron chi connectivity index (χ1n) is 21.9. The molecule has 11 aromatic rings. The van der Waals surface area contributed by atoms with E-state index in [0.29, 0.717) is 0 Å². The first-order valence-corrected chi connectivity index (χ1v) is 22.7. The van der Waals surface area contributed by atoms with Gasteiger partial charge in [-0.1, -0.05) is 164 Å². The van der Waals surface area contributed by atoms with Gasteiger partial charge in [-0.2, -0.15) is 0 Å². The molecule has 0 unspecified atom stereocenters. The van der Waals surface area contributed by atoms with Gasteiger partial charge in [0.1, 0.15) is 11.5 Å². The van der Waals surface area contributed by atoms with E-state index in [2.05, 4.69) is 102 Å². The molecular formula is C60H45N3O2S. The van der Waals surface area contributed by atoms with E-state index in [9.17, 15) is 0 Å². The smallest absolute Gasteiger partial charge is 0.150 e. The summed E-state index contributed by atoms with van der Waals surface area (Å²) in [4.78, 5) is 0. The lowest BCUT2D eigenvalue weighted by atomic mass is 9.97. The Labute approximate surface area is 389 Å². The van der Waals surface area contributed by atoms with Crippen LogP contribution in [0.1, 0.15) is 0 Å². The molecule has 0 radical (unpaired) electrons. The van der Waals surface area contributed by atoms with Gasteiger partial charge < -0.3 is 25.8 Å². The minimum atomic E-state index is 0.731. The number of thiophene rings is 1. The Kier molecular flexibility index (Phi) is 12.2. The lowest BCUT2D eigenvalue weighted by molar-refractivity contribution is 0.479. The number of ether oxygens (including phenoxy) is 2. The highest BCUT2D eigenvalue weighted by Gasteiger charge is 2.16. The van der Waals surface area contributed by atoms with E-state index in [-0.39, 0.29) is 0 Å². The maximum Gasteiger partial charge on any atom is 0.150 e. The number of benzene rings is 10. The van der Waals surface area contributed by atoms with Crippen LogP contribution in [0.4, 0.5) is 28.4 Å². The molecule has 4 N–H and O–H groups in total. The van der Waals surface area contributed by atoms with Crippen LogP contribution >= 0.6 is 11.3 Å². The van der Waals surface area contributed by atoms with Crippen molar-refractivity contribution in [1.29, 1.82) is 0 Å². The number of nitrogens with one attached hydrogen (secondary N) is 2. The zero-order valence-electron chi connectivity index (χ0n) is 36.0. The zero-order valence-corrected chi connectivity index (χ0v) is 36.8. The molecule has 0 atom stereocenters. The number of hydrogen-bond acceptors (Lipinski definition) is 6. The predicted molar refractivity (Wildman–Crippen MR) is 279 cm³/mol. The second-order valence-corrected chi connectivity index (χ2v) is 16.7. The summed E-state index contributed by atoms with van der Waals surface area (Å²) in [6, 6.07) is 84.0. The van der Waals surface area contributed by atoms with Gasteiger partial charge >= 0.3 is 0 Å². The van der Waals surface area contributed by atoms with Gasteiger partial charge in [-0.05, 0) is 107 Å². The molecule has 1 heterocycles. The van der Waals surface area contributed by atoms with Gasteiger partial charge in [-0.25, -0.2) is 0 Å². The highest BCUT2D eigenvalue weighted by atomic mass is 32.1. The zero-order chi connectivity index (χ0) is 44.5. The normalized spacial score (nSPS) is 10.8. The Bertz CT molecular complexity index is 3260. The molecule has 0 saturated carbocycles. The van der Waals surface area contributed by atoms with Crippen molar-refractivity contribution >= 4 is 59.9 Å². The maximum atomic E-state index is 6.54. The molecule has 11 rings (SSSR count). The third-order valence-corrected chi connectivity index (χ3v) is 12.4. The quantitative estimate of drug-likeness (QED) is 0.113. The molecular weight excluding hydrogens is 827 g/mol. The molecule has 0 aliphatic rings. The van der Waals surface area contributed by atoms with E-state index in [4.69, 9.17) is 15.2 Å². The molecule has 10 aromatic carbocycles. The van der Waals surface area contributed by atoms with Crippen molar-refractivity contribution in [2.45, 2.75) is 0 Å². The van der Waals surface area contributed by atoms with E-state index >= 15 is 0 Å². The maximum absolute atomic E-state index is 6.54. The fourth-order valence-electron chi connectivity index (χ4n) is 8.04. The molecule has 0 fully saturated rings. The number of nitrogens with two attached hydrogens (primary N) is 1. The molecule has 66 heavy (non-hydrogen) atoms. The largest absolute Gasteiger partial charge is 0.455 e. The fourth-order valence-corrected chi connectivity index (χ4v) is 9.28. The van der Waals surface area contributed by atoms with Gasteiger partial charge in [0.05, 0.1) is 11.4 Å². The summed E-state index contributed by atoms with van der Waals surface area (Å²) < 4.78 is 15.7. The average Bonchev–Trinajstić information content (AvgIpc) is 3.76. The summed E-state index contributed by atoms with van der Waals surface area (Å²) >= 11 is 1.85. The molecule has 0 saturated heterocycles. The van der Waals surface area contributed by atoms with E-state index < -0.39 is 0 Å². The molecule has 5 nitrogen and oxygen atoms in total. The molecule has 1 aromatic heterocycles. The summed E-state index contributed by atoms with van der Waals surface area (Å²) in [5.74, 6) is 2.93. The molecule has 0 aliphatic carbocycles. The van der Waals surface area contributed by atoms with Crippen molar-refractivity contribution in [3.63, 3.8) is 0 Å². The van der Waals surface area contributed by atoms with E-state index in [1.54, 1.807) is 0 Å². The van der Waals surface area contributed by atoms with E-state index in [1.807, 2.05) is 169 Å². The Morgan fingerprint density at radius 1 is 0.333 bits per heavy atom. The van der Waals surface area contributed by atoms with Crippen LogP contribution in [0.5, 0.6) is 23.0 Å². The lowest BCUT2D eigenvalue weighted by Crippen LogP contribution is -1.97. The van der Waals surface area contributed by atoms with Gasteiger partial charge in [0, 0.05) is 48.4 Å². The number of fused-ring (bicyclic) bond motifs is 3. The van der Waals surface area contributed by atoms with Crippen LogP contribution in [0.3, 0.4) is 0 Å². The van der Waals surface area contributed by atoms with Gasteiger partial charge in [0.25, 0.3) is 0 Å². The van der Waals surface area contributed by atoms with Crippen LogP contribution in [-0.4, -0.2) is 0 Å². The van der Waals surface area contributed by atoms with Crippen LogP contribution in [0, 0.1) is 0 Å². The third kappa shape index (κ3) is 9.36. The van der Waals surface area contributed by atoms with Crippen molar-refractivity contribution in [1.82, 2.24) is 0 Å². The van der Waals surface area contributed by atoms with Crippen LogP contribution in [-0.2, 0) is 0 Å². The fraction of sp³-hybridized carbons (Fsp3) is 0. The van der Waals surface area contributed by atoms with E-state index in [0.717, 1.165) is 68.1 Å². The van der Waals surface area contributed by atoms with Gasteiger partial charge in [0.15, 0.2) is 11.5 Å². The number of nitrogen functional groups attached to an aromatic ring is 1. The molecule has 318 valence electrons. The summed E-state index contributed by atoms with van der Waals surface area (Å²) in [6.45, 7) is 0. The Balaban J connectivity index is 0.000000169. The van der Waals surface area contributed by atoms with Crippen LogP contribution in [0.25, 0.3) is 53.6 Å². The SMILES string of the molecule is Nc1cc(-c2ccccc2)cc(-c2cccc3c2sc2ccccc23)c1.c1ccc(Nc2ccccc2Oc2ccccc2-c2ccccc2Oc2ccccc2Nc2ccccc2)cc1. The Morgan fingerprint density at radius 2 is 0.773 bits per heavy atom. The predicted octanol–water partition coefficient (Wildman–Crippen LogP) is 17.4. The summed E-state index contributed by atoms with van der Waals surface area (Å²) in [7, 11) is 0. The highest BCUT2D eigenvalue weighted by molar-refractivity contribution is 7.26. The average molecular weight is 872 g/mol. The molecule has 0 amide bonds. The Morgan fingerprint density at radius 3 is 1.36 bits per heavy atom.